The number of rotatable bonds is 4. The van der Waals surface area contributed by atoms with Gasteiger partial charge in [-0.2, -0.15) is 0 Å². The quantitative estimate of drug-likeness (QED) is 0.478. The standard InChI is InChI=1S/C19H16ClNO4/c1-12-16(20)3-2-4-17(12)21-10-14(9-18(21)23)19(24)25-15-7-5-13(11-22)6-8-15/h2-8,11,14H,9-10H2,1H3/t14-/m1/s1. The normalized spacial score (nSPS) is 16.8. The van der Waals surface area contributed by atoms with Crippen molar-refractivity contribution in [3.8, 4) is 5.75 Å². The molecule has 2 aromatic rings. The zero-order valence-electron chi connectivity index (χ0n) is 13.6. The highest BCUT2D eigenvalue weighted by atomic mass is 35.5. The third-order valence-electron chi connectivity index (χ3n) is 4.22. The molecule has 25 heavy (non-hydrogen) atoms. The smallest absolute Gasteiger partial charge is 0.316 e. The van der Waals surface area contributed by atoms with Crippen LogP contribution in [0.5, 0.6) is 5.75 Å². The van der Waals surface area contributed by atoms with Gasteiger partial charge in [0.15, 0.2) is 0 Å². The molecule has 1 heterocycles. The molecular weight excluding hydrogens is 342 g/mol. The van der Waals surface area contributed by atoms with Gasteiger partial charge in [0.1, 0.15) is 12.0 Å². The van der Waals surface area contributed by atoms with E-state index in [0.29, 0.717) is 28.3 Å². The Labute approximate surface area is 150 Å². The highest BCUT2D eigenvalue weighted by Gasteiger charge is 2.37. The Bertz CT molecular complexity index is 832. The zero-order chi connectivity index (χ0) is 18.0. The Morgan fingerprint density at radius 1 is 1.24 bits per heavy atom. The molecule has 1 amide bonds. The van der Waals surface area contributed by atoms with Crippen molar-refractivity contribution in [3.05, 3.63) is 58.6 Å². The van der Waals surface area contributed by atoms with E-state index in [-0.39, 0.29) is 18.9 Å². The maximum absolute atomic E-state index is 12.3. The van der Waals surface area contributed by atoms with E-state index in [2.05, 4.69) is 0 Å². The molecular formula is C19H16ClNO4. The van der Waals surface area contributed by atoms with E-state index in [1.165, 1.54) is 0 Å². The number of halogens is 1. The molecule has 0 saturated carbocycles. The first-order valence-electron chi connectivity index (χ1n) is 7.82. The first kappa shape index (κ1) is 17.2. The van der Waals surface area contributed by atoms with Crippen molar-refractivity contribution in [2.45, 2.75) is 13.3 Å². The number of ether oxygens (including phenoxy) is 1. The second-order valence-corrected chi connectivity index (χ2v) is 6.30. The van der Waals surface area contributed by atoms with Crippen molar-refractivity contribution >= 4 is 35.5 Å². The molecule has 6 heteroatoms. The first-order valence-corrected chi connectivity index (χ1v) is 8.20. The predicted molar refractivity (Wildman–Crippen MR) is 94.1 cm³/mol. The van der Waals surface area contributed by atoms with Crippen molar-refractivity contribution in [1.29, 1.82) is 0 Å². The minimum Gasteiger partial charge on any atom is -0.426 e. The molecule has 0 aromatic heterocycles. The summed E-state index contributed by atoms with van der Waals surface area (Å²) in [4.78, 5) is 36.9. The topological polar surface area (TPSA) is 63.7 Å². The van der Waals surface area contributed by atoms with Crippen LogP contribution in [-0.2, 0) is 9.59 Å². The molecule has 0 bridgehead atoms. The third kappa shape index (κ3) is 3.56. The zero-order valence-corrected chi connectivity index (χ0v) is 14.3. The predicted octanol–water partition coefficient (Wildman–Crippen LogP) is 3.42. The summed E-state index contributed by atoms with van der Waals surface area (Å²) in [6, 6.07) is 11.6. The number of benzene rings is 2. The van der Waals surface area contributed by atoms with E-state index in [0.717, 1.165) is 5.56 Å². The van der Waals surface area contributed by atoms with Gasteiger partial charge in [-0.3, -0.25) is 14.4 Å². The highest BCUT2D eigenvalue weighted by molar-refractivity contribution is 6.31. The Hall–Kier alpha value is -2.66. The Morgan fingerprint density at radius 2 is 1.96 bits per heavy atom. The average molecular weight is 358 g/mol. The van der Waals surface area contributed by atoms with Crippen LogP contribution in [0, 0.1) is 12.8 Å². The lowest BCUT2D eigenvalue weighted by Crippen LogP contribution is -2.27. The molecule has 0 unspecified atom stereocenters. The van der Waals surface area contributed by atoms with Crippen molar-refractivity contribution in [2.24, 2.45) is 5.92 Å². The van der Waals surface area contributed by atoms with Gasteiger partial charge in [-0.05, 0) is 48.9 Å². The number of carbonyl (C=O) groups excluding carboxylic acids is 3. The van der Waals surface area contributed by atoms with Gasteiger partial charge in [-0.25, -0.2) is 0 Å². The van der Waals surface area contributed by atoms with E-state index < -0.39 is 11.9 Å². The molecule has 1 aliphatic heterocycles. The number of amides is 1. The molecule has 3 rings (SSSR count). The molecule has 128 valence electrons. The van der Waals surface area contributed by atoms with Gasteiger partial charge in [0.05, 0.1) is 5.92 Å². The summed E-state index contributed by atoms with van der Waals surface area (Å²) >= 11 is 6.12. The number of nitrogens with zero attached hydrogens (tertiary/aromatic N) is 1. The van der Waals surface area contributed by atoms with E-state index in [1.54, 1.807) is 41.3 Å². The molecule has 0 N–H and O–H groups in total. The Morgan fingerprint density at radius 3 is 2.64 bits per heavy atom. The fourth-order valence-electron chi connectivity index (χ4n) is 2.80. The van der Waals surface area contributed by atoms with Gasteiger partial charge in [-0.1, -0.05) is 17.7 Å². The van der Waals surface area contributed by atoms with E-state index >= 15 is 0 Å². The van der Waals surface area contributed by atoms with Crippen LogP contribution in [0.1, 0.15) is 22.3 Å². The second-order valence-electron chi connectivity index (χ2n) is 5.90. The van der Waals surface area contributed by atoms with E-state index in [9.17, 15) is 14.4 Å². The van der Waals surface area contributed by atoms with Gasteiger partial charge in [-0.15, -0.1) is 0 Å². The Balaban J connectivity index is 1.72. The molecule has 1 aliphatic rings. The second kappa shape index (κ2) is 7.07. The van der Waals surface area contributed by atoms with Crippen LogP contribution in [0.3, 0.4) is 0 Å². The average Bonchev–Trinajstić information content (AvgIpc) is 3.00. The number of hydrogen-bond acceptors (Lipinski definition) is 4. The fourth-order valence-corrected chi connectivity index (χ4v) is 2.97. The number of esters is 1. The molecule has 0 aliphatic carbocycles. The molecule has 2 aromatic carbocycles. The summed E-state index contributed by atoms with van der Waals surface area (Å²) in [7, 11) is 0. The van der Waals surface area contributed by atoms with Gasteiger partial charge < -0.3 is 9.64 Å². The fraction of sp³-hybridized carbons (Fsp3) is 0.211. The summed E-state index contributed by atoms with van der Waals surface area (Å²) in [5.74, 6) is -0.796. The first-order chi connectivity index (χ1) is 12.0. The van der Waals surface area contributed by atoms with Crippen LogP contribution in [0.15, 0.2) is 42.5 Å². The molecule has 1 atom stereocenters. The van der Waals surface area contributed by atoms with Gasteiger partial charge in [0.25, 0.3) is 0 Å². The van der Waals surface area contributed by atoms with Crippen molar-refractivity contribution < 1.29 is 19.1 Å². The highest BCUT2D eigenvalue weighted by Crippen LogP contribution is 2.32. The lowest BCUT2D eigenvalue weighted by atomic mass is 10.1. The monoisotopic (exact) mass is 357 g/mol. The van der Waals surface area contributed by atoms with Gasteiger partial charge in [0, 0.05) is 29.2 Å². The lowest BCUT2D eigenvalue weighted by Gasteiger charge is -2.19. The number of aldehydes is 1. The lowest BCUT2D eigenvalue weighted by molar-refractivity contribution is -0.139. The number of hydrogen-bond donors (Lipinski definition) is 0. The van der Waals surface area contributed by atoms with Crippen molar-refractivity contribution in [1.82, 2.24) is 0 Å². The molecule has 0 spiro atoms. The van der Waals surface area contributed by atoms with Crippen LogP contribution < -0.4 is 9.64 Å². The largest absolute Gasteiger partial charge is 0.426 e. The van der Waals surface area contributed by atoms with Crippen molar-refractivity contribution in [2.75, 3.05) is 11.4 Å². The van der Waals surface area contributed by atoms with Gasteiger partial charge in [0.2, 0.25) is 5.91 Å². The van der Waals surface area contributed by atoms with Gasteiger partial charge >= 0.3 is 5.97 Å². The summed E-state index contributed by atoms with van der Waals surface area (Å²) in [6.45, 7) is 2.09. The SMILES string of the molecule is Cc1c(Cl)cccc1N1C[C@H](C(=O)Oc2ccc(C=O)cc2)CC1=O. The number of carbonyl (C=O) groups is 3. The van der Waals surface area contributed by atoms with Crippen LogP contribution in [-0.4, -0.2) is 24.7 Å². The molecule has 1 fully saturated rings. The summed E-state index contributed by atoms with van der Waals surface area (Å²) < 4.78 is 5.32. The minimum atomic E-state index is -0.545. The summed E-state index contributed by atoms with van der Waals surface area (Å²) in [5.41, 5.74) is 2.01. The Kier molecular flexibility index (Phi) is 4.86. The van der Waals surface area contributed by atoms with E-state index in [4.69, 9.17) is 16.3 Å². The van der Waals surface area contributed by atoms with Crippen molar-refractivity contribution in [3.63, 3.8) is 0 Å². The third-order valence-corrected chi connectivity index (χ3v) is 4.63. The molecule has 5 nitrogen and oxygen atoms in total. The summed E-state index contributed by atoms with van der Waals surface area (Å²) in [5, 5.41) is 0.576. The van der Waals surface area contributed by atoms with Crippen LogP contribution in [0.25, 0.3) is 0 Å². The minimum absolute atomic E-state index is 0.0945. The molecule has 1 saturated heterocycles. The number of anilines is 1. The maximum Gasteiger partial charge on any atom is 0.316 e. The molecule has 0 radical (unpaired) electrons. The van der Waals surface area contributed by atoms with E-state index in [1.807, 2.05) is 13.0 Å². The van der Waals surface area contributed by atoms with Crippen LogP contribution in [0.2, 0.25) is 5.02 Å². The van der Waals surface area contributed by atoms with Crippen LogP contribution >= 0.6 is 11.6 Å². The maximum atomic E-state index is 12.3. The summed E-state index contributed by atoms with van der Waals surface area (Å²) in [6.07, 6.45) is 0.809. The van der Waals surface area contributed by atoms with Crippen LogP contribution in [0.4, 0.5) is 5.69 Å².